The Morgan fingerprint density at radius 2 is 1.78 bits per heavy atom. The van der Waals surface area contributed by atoms with Crippen LogP contribution in [0.5, 0.6) is 0 Å². The van der Waals surface area contributed by atoms with Crippen LogP contribution in [0.25, 0.3) is 0 Å². The third kappa shape index (κ3) is 1.79. The first-order chi connectivity index (χ1) is 8.24. The Morgan fingerprint density at radius 3 is 2.39 bits per heavy atom. The number of fused-ring (bicyclic) bond motifs is 1. The normalized spacial score (nSPS) is 49.5. The minimum Gasteiger partial charge on any atom is -0.366 e. The van der Waals surface area contributed by atoms with Crippen LogP contribution in [0.1, 0.15) is 27.7 Å². The molecule has 6 heteroatoms. The van der Waals surface area contributed by atoms with Crippen LogP contribution in [-0.4, -0.2) is 54.0 Å². The summed E-state index contributed by atoms with van der Waals surface area (Å²) in [5, 5.41) is 9.86. The zero-order chi connectivity index (χ0) is 13.2. The highest BCUT2D eigenvalue weighted by Gasteiger charge is 2.66. The average molecular weight is 260 g/mol. The van der Waals surface area contributed by atoms with Crippen molar-refractivity contribution in [3.05, 3.63) is 0 Å². The topological polar surface area (TPSA) is 66.4 Å². The molecule has 3 heterocycles. The quantitative estimate of drug-likeness (QED) is 0.735. The van der Waals surface area contributed by atoms with Gasteiger partial charge in [0.25, 0.3) is 0 Å². The Morgan fingerprint density at radius 1 is 1.06 bits per heavy atom. The molecule has 3 saturated heterocycles. The molecule has 0 aromatic carbocycles. The van der Waals surface area contributed by atoms with E-state index in [1.54, 1.807) is 0 Å². The first-order valence-corrected chi connectivity index (χ1v) is 6.24. The van der Waals surface area contributed by atoms with Gasteiger partial charge < -0.3 is 28.8 Å². The SMILES string of the molecule is CC1(C)OC[C@@H]([C@@]23COC(O)[C@H]2OC(C)(C)O3)O1. The van der Waals surface area contributed by atoms with Crippen LogP contribution >= 0.6 is 0 Å². The zero-order valence-corrected chi connectivity index (χ0v) is 11.1. The molecule has 4 atom stereocenters. The summed E-state index contributed by atoms with van der Waals surface area (Å²) >= 11 is 0. The lowest BCUT2D eigenvalue weighted by atomic mass is 9.93. The minimum atomic E-state index is -0.987. The maximum atomic E-state index is 9.86. The van der Waals surface area contributed by atoms with Crippen LogP contribution < -0.4 is 0 Å². The van der Waals surface area contributed by atoms with Gasteiger partial charge in [-0.05, 0) is 27.7 Å². The highest BCUT2D eigenvalue weighted by molar-refractivity contribution is 5.08. The largest absolute Gasteiger partial charge is 0.366 e. The van der Waals surface area contributed by atoms with Gasteiger partial charge in [0.15, 0.2) is 23.5 Å². The summed E-state index contributed by atoms with van der Waals surface area (Å²) in [5.74, 6) is -1.40. The molecule has 1 N–H and O–H groups in total. The molecule has 0 saturated carbocycles. The molecular formula is C12H20O6. The molecule has 0 bridgehead atoms. The minimum absolute atomic E-state index is 0.242. The number of ether oxygens (including phenoxy) is 5. The van der Waals surface area contributed by atoms with Crippen LogP contribution in [0.15, 0.2) is 0 Å². The van der Waals surface area contributed by atoms with E-state index in [0.717, 1.165) is 0 Å². The molecule has 0 amide bonds. The van der Waals surface area contributed by atoms with Gasteiger partial charge >= 0.3 is 0 Å². The standard InChI is InChI=1S/C12H20O6/c1-10(2)15-5-7(16-10)12-6-14-9(13)8(12)17-11(3,4)18-12/h7-9,13H,5-6H2,1-4H3/t7-,8+,9?,12-/m0/s1. The first-order valence-electron chi connectivity index (χ1n) is 6.24. The maximum Gasteiger partial charge on any atom is 0.184 e. The molecule has 0 radical (unpaired) electrons. The Hall–Kier alpha value is -0.240. The summed E-state index contributed by atoms with van der Waals surface area (Å²) in [7, 11) is 0. The summed E-state index contributed by atoms with van der Waals surface area (Å²) < 4.78 is 28.4. The molecule has 18 heavy (non-hydrogen) atoms. The predicted octanol–water partition coefficient (Wildman–Crippen LogP) is 0.377. The number of aliphatic hydroxyl groups is 1. The molecule has 0 aliphatic carbocycles. The van der Waals surface area contributed by atoms with Crippen molar-refractivity contribution in [2.24, 2.45) is 0 Å². The van der Waals surface area contributed by atoms with Gasteiger partial charge in [-0.3, -0.25) is 0 Å². The third-order valence-corrected chi connectivity index (χ3v) is 3.62. The van der Waals surface area contributed by atoms with Crippen LogP contribution in [0.2, 0.25) is 0 Å². The van der Waals surface area contributed by atoms with E-state index >= 15 is 0 Å². The molecular weight excluding hydrogens is 240 g/mol. The van der Waals surface area contributed by atoms with Crippen LogP contribution in [-0.2, 0) is 23.7 Å². The van der Waals surface area contributed by atoms with E-state index in [1.165, 1.54) is 0 Å². The highest BCUT2D eigenvalue weighted by atomic mass is 16.8. The van der Waals surface area contributed by atoms with Crippen LogP contribution in [0, 0.1) is 0 Å². The summed E-state index contributed by atoms with van der Waals surface area (Å²) in [6, 6.07) is 0. The Kier molecular flexibility index (Phi) is 2.59. The predicted molar refractivity (Wildman–Crippen MR) is 59.6 cm³/mol. The Bertz CT molecular complexity index is 354. The molecule has 1 unspecified atom stereocenters. The van der Waals surface area contributed by atoms with Crippen LogP contribution in [0.4, 0.5) is 0 Å². The Balaban J connectivity index is 1.88. The first kappa shape index (κ1) is 12.8. The van der Waals surface area contributed by atoms with Crippen LogP contribution in [0.3, 0.4) is 0 Å². The summed E-state index contributed by atoms with van der Waals surface area (Å²) in [6.45, 7) is 7.99. The smallest absolute Gasteiger partial charge is 0.184 e. The van der Waals surface area contributed by atoms with Gasteiger partial charge in [-0.2, -0.15) is 0 Å². The fraction of sp³-hybridized carbons (Fsp3) is 1.00. The van der Waals surface area contributed by atoms with E-state index in [4.69, 9.17) is 23.7 Å². The van der Waals surface area contributed by atoms with Crippen molar-refractivity contribution in [3.8, 4) is 0 Å². The van der Waals surface area contributed by atoms with Crippen molar-refractivity contribution >= 4 is 0 Å². The van der Waals surface area contributed by atoms with E-state index in [2.05, 4.69) is 0 Å². The lowest BCUT2D eigenvalue weighted by molar-refractivity contribution is -0.228. The lowest BCUT2D eigenvalue weighted by Crippen LogP contribution is -2.53. The van der Waals surface area contributed by atoms with Gasteiger partial charge in [-0.15, -0.1) is 0 Å². The zero-order valence-electron chi connectivity index (χ0n) is 11.1. The van der Waals surface area contributed by atoms with E-state index in [9.17, 15) is 5.11 Å². The second-order valence-corrected chi connectivity index (χ2v) is 6.01. The molecule has 3 rings (SSSR count). The van der Waals surface area contributed by atoms with Crippen molar-refractivity contribution in [1.82, 2.24) is 0 Å². The van der Waals surface area contributed by atoms with Gasteiger partial charge in [-0.25, -0.2) is 0 Å². The molecule has 0 aromatic rings. The van der Waals surface area contributed by atoms with Crippen molar-refractivity contribution in [1.29, 1.82) is 0 Å². The van der Waals surface area contributed by atoms with E-state index < -0.39 is 29.6 Å². The van der Waals surface area contributed by atoms with Crippen molar-refractivity contribution in [3.63, 3.8) is 0 Å². The molecule has 104 valence electrons. The molecule has 3 aliphatic rings. The second-order valence-electron chi connectivity index (χ2n) is 6.01. The van der Waals surface area contributed by atoms with E-state index in [1.807, 2.05) is 27.7 Å². The van der Waals surface area contributed by atoms with Gasteiger partial charge in [0, 0.05) is 0 Å². The molecule has 3 aliphatic heterocycles. The molecule has 0 spiro atoms. The fourth-order valence-electron chi connectivity index (χ4n) is 2.93. The highest BCUT2D eigenvalue weighted by Crippen LogP contribution is 2.47. The van der Waals surface area contributed by atoms with Crippen molar-refractivity contribution < 1.29 is 28.8 Å². The van der Waals surface area contributed by atoms with E-state index in [0.29, 0.717) is 6.61 Å². The van der Waals surface area contributed by atoms with Gasteiger partial charge in [0.2, 0.25) is 0 Å². The number of aliphatic hydroxyl groups excluding tert-OH is 1. The van der Waals surface area contributed by atoms with Gasteiger partial charge in [0.1, 0.15) is 12.2 Å². The Labute approximate surface area is 106 Å². The van der Waals surface area contributed by atoms with Gasteiger partial charge in [0.05, 0.1) is 13.2 Å². The summed E-state index contributed by atoms with van der Waals surface area (Å²) in [5.41, 5.74) is -0.795. The molecule has 0 aromatic heterocycles. The number of rotatable bonds is 1. The molecule has 3 fully saturated rings. The fourth-order valence-corrected chi connectivity index (χ4v) is 2.93. The van der Waals surface area contributed by atoms with Crippen molar-refractivity contribution in [2.75, 3.05) is 13.2 Å². The second kappa shape index (κ2) is 3.65. The molecule has 6 nitrogen and oxygen atoms in total. The monoisotopic (exact) mass is 260 g/mol. The lowest BCUT2D eigenvalue weighted by Gasteiger charge is -2.32. The van der Waals surface area contributed by atoms with E-state index in [-0.39, 0.29) is 12.7 Å². The number of hydrogen-bond donors (Lipinski definition) is 1. The summed E-state index contributed by atoms with van der Waals surface area (Å²) in [6.07, 6.45) is -1.84. The maximum absolute atomic E-state index is 9.86. The summed E-state index contributed by atoms with van der Waals surface area (Å²) in [4.78, 5) is 0. The average Bonchev–Trinajstić information content (AvgIpc) is 2.81. The van der Waals surface area contributed by atoms with Gasteiger partial charge in [-0.1, -0.05) is 0 Å². The number of hydrogen-bond acceptors (Lipinski definition) is 6. The van der Waals surface area contributed by atoms with Crippen molar-refractivity contribution in [2.45, 2.75) is 63.4 Å². The third-order valence-electron chi connectivity index (χ3n) is 3.62.